The molecule has 0 aliphatic rings. The van der Waals surface area contributed by atoms with Crippen molar-refractivity contribution >= 4 is 5.69 Å². The predicted octanol–water partition coefficient (Wildman–Crippen LogP) is 2.42. The SMILES string of the molecule is COc1ccc(NCc2c(C)nn(CCO)c2C)cc1C. The van der Waals surface area contributed by atoms with Crippen molar-refractivity contribution in [2.75, 3.05) is 19.0 Å². The molecule has 5 nitrogen and oxygen atoms in total. The number of hydrogen-bond donors (Lipinski definition) is 2. The molecule has 0 aliphatic carbocycles. The molecule has 0 fully saturated rings. The van der Waals surface area contributed by atoms with E-state index in [1.807, 2.05) is 37.6 Å². The number of anilines is 1. The molecular formula is C16H23N3O2. The fourth-order valence-electron chi connectivity index (χ4n) is 2.48. The zero-order chi connectivity index (χ0) is 15.4. The molecule has 0 aliphatic heterocycles. The van der Waals surface area contributed by atoms with Crippen LogP contribution in [0, 0.1) is 20.8 Å². The quantitative estimate of drug-likeness (QED) is 0.857. The van der Waals surface area contributed by atoms with Crippen LogP contribution in [0.5, 0.6) is 5.75 Å². The molecule has 5 heteroatoms. The molecule has 21 heavy (non-hydrogen) atoms. The number of aliphatic hydroxyl groups is 1. The van der Waals surface area contributed by atoms with Crippen LogP contribution >= 0.6 is 0 Å². The van der Waals surface area contributed by atoms with Crippen molar-refractivity contribution < 1.29 is 9.84 Å². The number of rotatable bonds is 6. The van der Waals surface area contributed by atoms with Crippen LogP contribution in [0.1, 0.15) is 22.5 Å². The van der Waals surface area contributed by atoms with Crippen LogP contribution in [0.3, 0.4) is 0 Å². The van der Waals surface area contributed by atoms with Crippen molar-refractivity contribution in [3.05, 3.63) is 40.7 Å². The first-order chi connectivity index (χ1) is 10.1. The van der Waals surface area contributed by atoms with E-state index in [9.17, 15) is 0 Å². The standard InChI is InChI=1S/C16H23N3O2/c1-11-9-14(5-6-16(11)21-4)17-10-15-12(2)18-19(7-8-20)13(15)3/h5-6,9,17,20H,7-8,10H2,1-4H3. The summed E-state index contributed by atoms with van der Waals surface area (Å²) < 4.78 is 7.12. The second-order valence-electron chi connectivity index (χ2n) is 5.13. The van der Waals surface area contributed by atoms with Gasteiger partial charge in [-0.2, -0.15) is 5.10 Å². The Kier molecular flexibility index (Phi) is 4.85. The van der Waals surface area contributed by atoms with Gasteiger partial charge < -0.3 is 15.2 Å². The van der Waals surface area contributed by atoms with E-state index in [-0.39, 0.29) is 6.61 Å². The minimum absolute atomic E-state index is 0.104. The smallest absolute Gasteiger partial charge is 0.121 e. The van der Waals surface area contributed by atoms with E-state index in [1.165, 1.54) is 5.56 Å². The van der Waals surface area contributed by atoms with Gasteiger partial charge in [-0.1, -0.05) is 0 Å². The van der Waals surface area contributed by atoms with Crippen LogP contribution in [-0.4, -0.2) is 28.6 Å². The monoisotopic (exact) mass is 289 g/mol. The van der Waals surface area contributed by atoms with Crippen molar-refractivity contribution in [2.24, 2.45) is 0 Å². The van der Waals surface area contributed by atoms with Crippen LogP contribution in [0.15, 0.2) is 18.2 Å². The van der Waals surface area contributed by atoms with Gasteiger partial charge in [0.25, 0.3) is 0 Å². The molecule has 0 unspecified atom stereocenters. The zero-order valence-electron chi connectivity index (χ0n) is 13.1. The van der Waals surface area contributed by atoms with Crippen LogP contribution in [0.4, 0.5) is 5.69 Å². The lowest BCUT2D eigenvalue weighted by molar-refractivity contribution is 0.268. The fraction of sp³-hybridized carbons (Fsp3) is 0.438. The predicted molar refractivity (Wildman–Crippen MR) is 83.8 cm³/mol. The highest BCUT2D eigenvalue weighted by atomic mass is 16.5. The van der Waals surface area contributed by atoms with E-state index in [0.717, 1.165) is 34.9 Å². The molecule has 1 aromatic heterocycles. The molecule has 0 amide bonds. The van der Waals surface area contributed by atoms with E-state index in [1.54, 1.807) is 7.11 Å². The summed E-state index contributed by atoms with van der Waals surface area (Å²) in [4.78, 5) is 0. The lowest BCUT2D eigenvalue weighted by Crippen LogP contribution is -2.07. The highest BCUT2D eigenvalue weighted by Crippen LogP contribution is 2.22. The molecule has 0 saturated carbocycles. The molecule has 114 valence electrons. The van der Waals surface area contributed by atoms with Gasteiger partial charge >= 0.3 is 0 Å². The number of nitrogens with one attached hydrogen (secondary N) is 1. The van der Waals surface area contributed by atoms with Crippen LogP contribution in [0.25, 0.3) is 0 Å². The summed E-state index contributed by atoms with van der Waals surface area (Å²) in [6, 6.07) is 6.04. The van der Waals surface area contributed by atoms with E-state index in [2.05, 4.69) is 16.5 Å². The summed E-state index contributed by atoms with van der Waals surface area (Å²) in [7, 11) is 1.68. The van der Waals surface area contributed by atoms with Crippen molar-refractivity contribution in [3.63, 3.8) is 0 Å². The van der Waals surface area contributed by atoms with Gasteiger partial charge in [0.1, 0.15) is 5.75 Å². The first-order valence-corrected chi connectivity index (χ1v) is 7.09. The first-order valence-electron chi connectivity index (χ1n) is 7.09. The van der Waals surface area contributed by atoms with E-state index in [0.29, 0.717) is 6.54 Å². The Balaban J connectivity index is 2.11. The lowest BCUT2D eigenvalue weighted by Gasteiger charge is -2.10. The average Bonchev–Trinajstić information content (AvgIpc) is 2.72. The molecule has 2 N–H and O–H groups in total. The minimum atomic E-state index is 0.104. The Morgan fingerprint density at radius 3 is 2.67 bits per heavy atom. The molecule has 0 bridgehead atoms. The van der Waals surface area contributed by atoms with Gasteiger partial charge in [-0.25, -0.2) is 0 Å². The lowest BCUT2D eigenvalue weighted by atomic mass is 10.1. The second-order valence-corrected chi connectivity index (χ2v) is 5.13. The number of methoxy groups -OCH3 is 1. The van der Waals surface area contributed by atoms with Gasteiger partial charge in [0, 0.05) is 23.5 Å². The van der Waals surface area contributed by atoms with E-state index in [4.69, 9.17) is 9.84 Å². The number of benzene rings is 1. The van der Waals surface area contributed by atoms with Gasteiger partial charge in [0.05, 0.1) is 26.0 Å². The number of aromatic nitrogens is 2. The third kappa shape index (κ3) is 3.36. The Labute approximate surface area is 125 Å². The van der Waals surface area contributed by atoms with Gasteiger partial charge in [-0.05, 0) is 44.5 Å². The molecule has 1 aromatic carbocycles. The molecule has 0 spiro atoms. The summed E-state index contributed by atoms with van der Waals surface area (Å²) in [5.41, 5.74) is 5.43. The average molecular weight is 289 g/mol. The van der Waals surface area contributed by atoms with Crippen molar-refractivity contribution in [1.82, 2.24) is 9.78 Å². The largest absolute Gasteiger partial charge is 0.496 e. The maximum absolute atomic E-state index is 9.04. The first kappa shape index (κ1) is 15.4. The van der Waals surface area contributed by atoms with Crippen molar-refractivity contribution in [3.8, 4) is 5.75 Å². The maximum atomic E-state index is 9.04. The van der Waals surface area contributed by atoms with Gasteiger partial charge in [0.15, 0.2) is 0 Å². The van der Waals surface area contributed by atoms with Gasteiger partial charge in [-0.15, -0.1) is 0 Å². The molecule has 1 heterocycles. The number of hydrogen-bond acceptors (Lipinski definition) is 4. The summed E-state index contributed by atoms with van der Waals surface area (Å²) in [5.74, 6) is 0.892. The summed E-state index contributed by atoms with van der Waals surface area (Å²) in [6.07, 6.45) is 0. The normalized spacial score (nSPS) is 10.7. The fourth-order valence-corrected chi connectivity index (χ4v) is 2.48. The zero-order valence-corrected chi connectivity index (χ0v) is 13.1. The Bertz CT molecular complexity index is 620. The van der Waals surface area contributed by atoms with Crippen molar-refractivity contribution in [1.29, 1.82) is 0 Å². The topological polar surface area (TPSA) is 59.3 Å². The third-order valence-electron chi connectivity index (χ3n) is 3.71. The molecular weight excluding hydrogens is 266 g/mol. The van der Waals surface area contributed by atoms with Gasteiger partial charge in [-0.3, -0.25) is 4.68 Å². The van der Waals surface area contributed by atoms with Gasteiger partial charge in [0.2, 0.25) is 0 Å². The number of nitrogens with zero attached hydrogens (tertiary/aromatic N) is 2. The molecule has 2 rings (SSSR count). The van der Waals surface area contributed by atoms with E-state index >= 15 is 0 Å². The van der Waals surface area contributed by atoms with E-state index < -0.39 is 0 Å². The van der Waals surface area contributed by atoms with Crippen molar-refractivity contribution in [2.45, 2.75) is 33.9 Å². The number of aryl methyl sites for hydroxylation is 2. The Hall–Kier alpha value is -2.01. The number of ether oxygens (including phenoxy) is 1. The van der Waals surface area contributed by atoms with Crippen LogP contribution in [0.2, 0.25) is 0 Å². The highest BCUT2D eigenvalue weighted by molar-refractivity contribution is 5.51. The Morgan fingerprint density at radius 1 is 1.29 bits per heavy atom. The summed E-state index contributed by atoms with van der Waals surface area (Å²) in [5, 5.41) is 16.9. The molecule has 2 aromatic rings. The molecule has 0 atom stereocenters. The summed E-state index contributed by atoms with van der Waals surface area (Å²) >= 11 is 0. The van der Waals surface area contributed by atoms with Crippen LogP contribution in [-0.2, 0) is 13.1 Å². The third-order valence-corrected chi connectivity index (χ3v) is 3.71. The maximum Gasteiger partial charge on any atom is 0.121 e. The summed E-state index contributed by atoms with van der Waals surface area (Å²) in [6.45, 7) is 7.42. The molecule has 0 saturated heterocycles. The molecule has 0 radical (unpaired) electrons. The minimum Gasteiger partial charge on any atom is -0.496 e. The van der Waals surface area contributed by atoms with Crippen LogP contribution < -0.4 is 10.1 Å². The second kappa shape index (κ2) is 6.63. The highest BCUT2D eigenvalue weighted by Gasteiger charge is 2.11. The Morgan fingerprint density at radius 2 is 2.05 bits per heavy atom. The number of aliphatic hydroxyl groups excluding tert-OH is 1.